The topological polar surface area (TPSA) is 95.4 Å². The van der Waals surface area contributed by atoms with Gasteiger partial charge in [-0.25, -0.2) is 14.3 Å². The van der Waals surface area contributed by atoms with Crippen LogP contribution < -0.4 is 5.73 Å². The molecule has 0 fully saturated rings. The van der Waals surface area contributed by atoms with Gasteiger partial charge >= 0.3 is 5.97 Å². The van der Waals surface area contributed by atoms with Crippen LogP contribution in [0, 0.1) is 0 Å². The van der Waals surface area contributed by atoms with E-state index in [1.165, 1.54) is 4.52 Å². The van der Waals surface area contributed by atoms with Gasteiger partial charge in [-0.15, -0.1) is 5.10 Å². The number of esters is 1. The van der Waals surface area contributed by atoms with Gasteiger partial charge in [-0.3, -0.25) is 4.98 Å². The highest BCUT2D eigenvalue weighted by Gasteiger charge is 2.20. The second kappa shape index (κ2) is 5.20. The van der Waals surface area contributed by atoms with Crippen molar-refractivity contribution in [3.05, 3.63) is 42.4 Å². The number of ether oxygens (including phenoxy) is 1. The second-order valence-electron chi connectivity index (χ2n) is 4.31. The highest BCUT2D eigenvalue weighted by atomic mass is 16.5. The molecule has 7 heteroatoms. The minimum atomic E-state index is -0.525. The zero-order valence-electron chi connectivity index (χ0n) is 11.4. The Bertz CT molecular complexity index is 798. The zero-order chi connectivity index (χ0) is 14.8. The Morgan fingerprint density at radius 1 is 1.38 bits per heavy atom. The van der Waals surface area contributed by atoms with Crippen LogP contribution in [0.25, 0.3) is 16.9 Å². The predicted octanol–water partition coefficient (Wildman–Crippen LogP) is 1.55. The number of rotatable bonds is 3. The maximum absolute atomic E-state index is 11.9. The summed E-state index contributed by atoms with van der Waals surface area (Å²) >= 11 is 0. The summed E-state index contributed by atoms with van der Waals surface area (Å²) in [5.41, 5.74) is 7.88. The number of aromatic nitrogens is 4. The number of anilines is 1. The van der Waals surface area contributed by atoms with Crippen molar-refractivity contribution in [1.29, 1.82) is 0 Å². The maximum atomic E-state index is 11.9. The number of hydrogen-bond acceptors (Lipinski definition) is 6. The minimum Gasteiger partial charge on any atom is -0.462 e. The first-order chi connectivity index (χ1) is 10.2. The second-order valence-corrected chi connectivity index (χ2v) is 4.31. The summed E-state index contributed by atoms with van der Waals surface area (Å²) in [4.78, 5) is 20.4. The number of pyridine rings is 1. The highest BCUT2D eigenvalue weighted by molar-refractivity contribution is 6.00. The van der Waals surface area contributed by atoms with Crippen LogP contribution in [0.3, 0.4) is 0 Å². The molecule has 0 spiro atoms. The van der Waals surface area contributed by atoms with Gasteiger partial charge in [0, 0.05) is 24.2 Å². The summed E-state index contributed by atoms with van der Waals surface area (Å²) in [6, 6.07) is 5.58. The van der Waals surface area contributed by atoms with Crippen molar-refractivity contribution in [1.82, 2.24) is 19.6 Å². The fourth-order valence-corrected chi connectivity index (χ4v) is 2.02. The Hall–Kier alpha value is -2.96. The lowest BCUT2D eigenvalue weighted by Crippen LogP contribution is -2.07. The number of hydrogen-bond donors (Lipinski definition) is 1. The van der Waals surface area contributed by atoms with E-state index in [-0.39, 0.29) is 18.0 Å². The van der Waals surface area contributed by atoms with Crippen LogP contribution in [0.1, 0.15) is 17.3 Å². The number of carbonyl (C=O) groups excluding carboxylic acids is 1. The van der Waals surface area contributed by atoms with E-state index in [2.05, 4.69) is 15.1 Å². The fraction of sp³-hybridized carbons (Fsp3) is 0.143. The SMILES string of the molecule is CCOC(=O)c1c(N)nn2cc(-c3ccccn3)cnc12. The van der Waals surface area contributed by atoms with E-state index in [0.717, 1.165) is 11.3 Å². The molecule has 0 amide bonds. The van der Waals surface area contributed by atoms with Crippen LogP contribution in [0.15, 0.2) is 36.8 Å². The van der Waals surface area contributed by atoms with Gasteiger partial charge in [0.1, 0.15) is 5.56 Å². The molecule has 106 valence electrons. The summed E-state index contributed by atoms with van der Waals surface area (Å²) in [5.74, 6) is -0.429. The third kappa shape index (κ3) is 2.29. The number of nitrogens with two attached hydrogens (primary N) is 1. The molecule has 0 aromatic carbocycles. The van der Waals surface area contributed by atoms with Gasteiger partial charge in [0.25, 0.3) is 0 Å². The lowest BCUT2D eigenvalue weighted by Gasteiger charge is -2.02. The molecule has 2 N–H and O–H groups in total. The number of nitrogens with zero attached hydrogens (tertiary/aromatic N) is 4. The van der Waals surface area contributed by atoms with E-state index in [9.17, 15) is 4.79 Å². The van der Waals surface area contributed by atoms with E-state index in [4.69, 9.17) is 10.5 Å². The molecule has 3 aromatic heterocycles. The van der Waals surface area contributed by atoms with Gasteiger partial charge in [-0.1, -0.05) is 6.07 Å². The summed E-state index contributed by atoms with van der Waals surface area (Å²) in [7, 11) is 0. The van der Waals surface area contributed by atoms with E-state index in [1.54, 1.807) is 25.5 Å². The first-order valence-corrected chi connectivity index (χ1v) is 6.43. The van der Waals surface area contributed by atoms with Gasteiger partial charge in [0.05, 0.1) is 12.3 Å². The Morgan fingerprint density at radius 2 is 2.24 bits per heavy atom. The van der Waals surface area contributed by atoms with Crippen molar-refractivity contribution < 1.29 is 9.53 Å². The molecule has 0 aliphatic heterocycles. The third-order valence-electron chi connectivity index (χ3n) is 2.94. The van der Waals surface area contributed by atoms with E-state index < -0.39 is 5.97 Å². The summed E-state index contributed by atoms with van der Waals surface area (Å²) in [5, 5.41) is 4.11. The minimum absolute atomic E-state index is 0.0964. The molecule has 0 saturated heterocycles. The molecular formula is C14H13N5O2. The standard InChI is InChI=1S/C14H13N5O2/c1-2-21-14(20)11-12(15)18-19-8-9(7-17-13(11)19)10-5-3-4-6-16-10/h3-8H,2H2,1H3,(H2,15,18). The fourth-order valence-electron chi connectivity index (χ4n) is 2.02. The molecule has 21 heavy (non-hydrogen) atoms. The van der Waals surface area contributed by atoms with Crippen LogP contribution in [0.2, 0.25) is 0 Å². The van der Waals surface area contributed by atoms with Gasteiger partial charge in [0.2, 0.25) is 0 Å². The van der Waals surface area contributed by atoms with Gasteiger partial charge in [-0.05, 0) is 19.1 Å². The lowest BCUT2D eigenvalue weighted by molar-refractivity contribution is 0.0529. The van der Waals surface area contributed by atoms with Crippen molar-refractivity contribution in [2.45, 2.75) is 6.92 Å². The van der Waals surface area contributed by atoms with Gasteiger partial charge in [-0.2, -0.15) is 0 Å². The number of carbonyl (C=O) groups is 1. The van der Waals surface area contributed by atoms with Crippen molar-refractivity contribution >= 4 is 17.4 Å². The summed E-state index contributed by atoms with van der Waals surface area (Å²) < 4.78 is 6.43. The van der Waals surface area contributed by atoms with Crippen LogP contribution in [0.5, 0.6) is 0 Å². The Labute approximate surface area is 120 Å². The summed E-state index contributed by atoms with van der Waals surface area (Å²) in [6.07, 6.45) is 5.05. The quantitative estimate of drug-likeness (QED) is 0.733. The molecule has 0 bridgehead atoms. The third-order valence-corrected chi connectivity index (χ3v) is 2.94. The summed E-state index contributed by atoms with van der Waals surface area (Å²) in [6.45, 7) is 1.99. The molecule has 0 unspecified atom stereocenters. The first-order valence-electron chi connectivity index (χ1n) is 6.43. The average molecular weight is 283 g/mol. The predicted molar refractivity (Wildman–Crippen MR) is 76.6 cm³/mol. The molecule has 0 saturated carbocycles. The first kappa shape index (κ1) is 13.0. The monoisotopic (exact) mass is 283 g/mol. The Morgan fingerprint density at radius 3 is 2.95 bits per heavy atom. The largest absolute Gasteiger partial charge is 0.462 e. The molecule has 3 aromatic rings. The molecule has 0 atom stereocenters. The van der Waals surface area contributed by atoms with Crippen LogP contribution in [-0.4, -0.2) is 32.2 Å². The number of fused-ring (bicyclic) bond motifs is 1. The molecule has 7 nitrogen and oxygen atoms in total. The van der Waals surface area contributed by atoms with Crippen molar-refractivity contribution in [3.8, 4) is 11.3 Å². The van der Waals surface area contributed by atoms with Crippen molar-refractivity contribution in [2.24, 2.45) is 0 Å². The molecule has 0 aliphatic rings. The average Bonchev–Trinajstić information content (AvgIpc) is 2.83. The van der Waals surface area contributed by atoms with Crippen LogP contribution in [-0.2, 0) is 4.74 Å². The molecule has 0 aliphatic carbocycles. The lowest BCUT2D eigenvalue weighted by atomic mass is 10.2. The van der Waals surface area contributed by atoms with Gasteiger partial charge < -0.3 is 10.5 Å². The Balaban J connectivity index is 2.11. The molecule has 0 radical (unpaired) electrons. The van der Waals surface area contributed by atoms with Gasteiger partial charge in [0.15, 0.2) is 11.5 Å². The Kier molecular flexibility index (Phi) is 3.23. The smallest absolute Gasteiger partial charge is 0.345 e. The van der Waals surface area contributed by atoms with E-state index in [1.807, 2.05) is 18.2 Å². The highest BCUT2D eigenvalue weighted by Crippen LogP contribution is 2.21. The van der Waals surface area contributed by atoms with E-state index in [0.29, 0.717) is 5.65 Å². The van der Waals surface area contributed by atoms with Crippen LogP contribution in [0.4, 0.5) is 5.82 Å². The van der Waals surface area contributed by atoms with Crippen LogP contribution >= 0.6 is 0 Å². The molecule has 3 heterocycles. The van der Waals surface area contributed by atoms with Crippen molar-refractivity contribution in [3.63, 3.8) is 0 Å². The number of nitrogen functional groups attached to an aromatic ring is 1. The molecular weight excluding hydrogens is 270 g/mol. The zero-order valence-corrected chi connectivity index (χ0v) is 11.4. The molecule has 3 rings (SSSR count). The maximum Gasteiger partial charge on any atom is 0.345 e. The van der Waals surface area contributed by atoms with E-state index >= 15 is 0 Å². The normalized spacial score (nSPS) is 10.7. The van der Waals surface area contributed by atoms with Crippen molar-refractivity contribution in [2.75, 3.05) is 12.3 Å².